The second kappa shape index (κ2) is 7.86. The van der Waals surface area contributed by atoms with E-state index in [0.717, 1.165) is 27.4 Å². The Morgan fingerprint density at radius 1 is 1.20 bits per heavy atom. The minimum atomic E-state index is -3.35. The van der Waals surface area contributed by atoms with E-state index in [0.29, 0.717) is 13.0 Å². The highest BCUT2D eigenvalue weighted by molar-refractivity contribution is 7.88. The summed E-state index contributed by atoms with van der Waals surface area (Å²) in [5.41, 5.74) is 3.69. The third-order valence-electron chi connectivity index (χ3n) is 3.60. The van der Waals surface area contributed by atoms with E-state index in [1.165, 1.54) is 11.3 Å². The van der Waals surface area contributed by atoms with E-state index in [1.807, 2.05) is 48.7 Å². The van der Waals surface area contributed by atoms with Gasteiger partial charge in [0.1, 0.15) is 5.01 Å². The number of nitrogens with one attached hydrogen (secondary N) is 1. The van der Waals surface area contributed by atoms with Crippen molar-refractivity contribution in [2.24, 2.45) is 0 Å². The second-order valence-corrected chi connectivity index (χ2v) is 8.44. The maximum Gasteiger partial charge on any atom is 0.215 e. The number of aromatic nitrogens is 2. The average Bonchev–Trinajstić information content (AvgIpc) is 3.04. The van der Waals surface area contributed by atoms with Crippen molar-refractivity contribution >= 4 is 21.4 Å². The van der Waals surface area contributed by atoms with Gasteiger partial charge in [-0.1, -0.05) is 29.8 Å². The minimum Gasteiger partial charge on any atom is -0.264 e. The molecule has 0 fully saturated rings. The molecule has 0 amide bonds. The van der Waals surface area contributed by atoms with Crippen molar-refractivity contribution in [3.05, 3.63) is 71.0 Å². The van der Waals surface area contributed by atoms with Crippen LogP contribution in [0.4, 0.5) is 0 Å². The Labute approximate surface area is 151 Å². The largest absolute Gasteiger partial charge is 0.264 e. The molecule has 0 spiro atoms. The molecule has 3 aromatic rings. The van der Waals surface area contributed by atoms with Crippen molar-refractivity contribution < 1.29 is 8.42 Å². The molecule has 0 saturated carbocycles. The normalized spacial score (nSPS) is 11.6. The maximum absolute atomic E-state index is 12.2. The number of aryl methyl sites for hydroxylation is 1. The van der Waals surface area contributed by atoms with Gasteiger partial charge in [0, 0.05) is 36.3 Å². The summed E-state index contributed by atoms with van der Waals surface area (Å²) < 4.78 is 27.0. The van der Waals surface area contributed by atoms with E-state index in [-0.39, 0.29) is 5.75 Å². The highest BCUT2D eigenvalue weighted by atomic mass is 32.2. The quantitative estimate of drug-likeness (QED) is 0.690. The SMILES string of the molecule is Cc1cccc(CS(=O)(=O)NCCc2csc(-c3cccnc3)n2)c1. The van der Waals surface area contributed by atoms with E-state index in [2.05, 4.69) is 14.7 Å². The van der Waals surface area contributed by atoms with Crippen LogP contribution >= 0.6 is 11.3 Å². The molecule has 0 aliphatic heterocycles. The summed E-state index contributed by atoms with van der Waals surface area (Å²) in [7, 11) is -3.35. The molecule has 3 rings (SSSR count). The van der Waals surface area contributed by atoms with E-state index >= 15 is 0 Å². The van der Waals surface area contributed by atoms with E-state index in [4.69, 9.17) is 0 Å². The van der Waals surface area contributed by atoms with Crippen LogP contribution in [0.15, 0.2) is 54.2 Å². The van der Waals surface area contributed by atoms with Gasteiger partial charge in [-0.3, -0.25) is 4.98 Å². The van der Waals surface area contributed by atoms with Gasteiger partial charge >= 0.3 is 0 Å². The first-order chi connectivity index (χ1) is 12.0. The van der Waals surface area contributed by atoms with Gasteiger partial charge in [-0.2, -0.15) is 0 Å². The van der Waals surface area contributed by atoms with Crippen LogP contribution in [-0.2, 0) is 22.2 Å². The zero-order valence-electron chi connectivity index (χ0n) is 13.8. The van der Waals surface area contributed by atoms with Crippen molar-refractivity contribution in [1.29, 1.82) is 0 Å². The Hall–Kier alpha value is -2.09. The lowest BCUT2D eigenvalue weighted by molar-refractivity contribution is 0.580. The maximum atomic E-state index is 12.2. The molecule has 25 heavy (non-hydrogen) atoms. The van der Waals surface area contributed by atoms with Gasteiger partial charge in [-0.25, -0.2) is 18.1 Å². The fourth-order valence-electron chi connectivity index (χ4n) is 2.45. The lowest BCUT2D eigenvalue weighted by Gasteiger charge is -2.06. The average molecular weight is 374 g/mol. The molecule has 7 heteroatoms. The molecule has 2 heterocycles. The van der Waals surface area contributed by atoms with Crippen molar-refractivity contribution in [3.63, 3.8) is 0 Å². The number of pyridine rings is 1. The molecule has 2 aromatic heterocycles. The molecule has 0 aliphatic carbocycles. The number of nitrogens with zero attached hydrogens (tertiary/aromatic N) is 2. The zero-order valence-corrected chi connectivity index (χ0v) is 15.5. The van der Waals surface area contributed by atoms with Gasteiger partial charge in [0.2, 0.25) is 10.0 Å². The van der Waals surface area contributed by atoms with Gasteiger partial charge in [-0.15, -0.1) is 11.3 Å². The van der Waals surface area contributed by atoms with Crippen LogP contribution in [0.3, 0.4) is 0 Å². The van der Waals surface area contributed by atoms with Gasteiger partial charge in [-0.05, 0) is 24.6 Å². The molecule has 0 radical (unpaired) electrons. The predicted octanol–water partition coefficient (Wildman–Crippen LogP) is 3.18. The summed E-state index contributed by atoms with van der Waals surface area (Å²) in [6, 6.07) is 11.4. The van der Waals surface area contributed by atoms with Crippen molar-refractivity contribution in [1.82, 2.24) is 14.7 Å². The summed E-state index contributed by atoms with van der Waals surface area (Å²) in [6.07, 6.45) is 4.05. The lowest BCUT2D eigenvalue weighted by Crippen LogP contribution is -2.27. The van der Waals surface area contributed by atoms with Gasteiger partial charge in [0.05, 0.1) is 11.4 Å². The monoisotopic (exact) mass is 373 g/mol. The third kappa shape index (κ3) is 5.19. The van der Waals surface area contributed by atoms with Crippen molar-refractivity contribution in [3.8, 4) is 10.6 Å². The second-order valence-electron chi connectivity index (χ2n) is 5.78. The molecule has 0 unspecified atom stereocenters. The van der Waals surface area contributed by atoms with Crippen LogP contribution in [-0.4, -0.2) is 24.9 Å². The highest BCUT2D eigenvalue weighted by Crippen LogP contribution is 2.22. The molecular weight excluding hydrogens is 354 g/mol. The first-order valence-corrected chi connectivity index (χ1v) is 10.4. The van der Waals surface area contributed by atoms with Crippen molar-refractivity contribution in [2.75, 3.05) is 6.54 Å². The smallest absolute Gasteiger partial charge is 0.215 e. The molecule has 1 N–H and O–H groups in total. The topological polar surface area (TPSA) is 72.0 Å². The Morgan fingerprint density at radius 2 is 2.08 bits per heavy atom. The molecule has 0 atom stereocenters. The van der Waals surface area contributed by atoms with Crippen LogP contribution in [0, 0.1) is 6.92 Å². The molecular formula is C18H19N3O2S2. The van der Waals surface area contributed by atoms with Gasteiger partial charge in [0.15, 0.2) is 0 Å². The molecule has 5 nitrogen and oxygen atoms in total. The lowest BCUT2D eigenvalue weighted by atomic mass is 10.2. The van der Waals surface area contributed by atoms with Gasteiger partial charge < -0.3 is 0 Å². The first-order valence-electron chi connectivity index (χ1n) is 7.89. The van der Waals surface area contributed by atoms with Crippen LogP contribution in [0.5, 0.6) is 0 Å². The number of hydrogen-bond donors (Lipinski definition) is 1. The Morgan fingerprint density at radius 3 is 2.84 bits per heavy atom. The minimum absolute atomic E-state index is 0.00726. The third-order valence-corrected chi connectivity index (χ3v) is 5.90. The Kier molecular flexibility index (Phi) is 5.57. The molecule has 0 aliphatic rings. The van der Waals surface area contributed by atoms with Crippen LogP contribution < -0.4 is 4.72 Å². The highest BCUT2D eigenvalue weighted by Gasteiger charge is 2.12. The number of rotatable bonds is 7. The van der Waals surface area contributed by atoms with E-state index in [9.17, 15) is 8.42 Å². The summed E-state index contributed by atoms with van der Waals surface area (Å²) in [6.45, 7) is 2.29. The zero-order chi connectivity index (χ0) is 17.7. The van der Waals surface area contributed by atoms with Gasteiger partial charge in [0.25, 0.3) is 0 Å². The number of sulfonamides is 1. The van der Waals surface area contributed by atoms with Crippen LogP contribution in [0.1, 0.15) is 16.8 Å². The fourth-order valence-corrected chi connectivity index (χ4v) is 4.43. The number of thiazole rings is 1. The van der Waals surface area contributed by atoms with E-state index < -0.39 is 10.0 Å². The van der Waals surface area contributed by atoms with Crippen LogP contribution in [0.25, 0.3) is 10.6 Å². The van der Waals surface area contributed by atoms with Crippen molar-refractivity contribution in [2.45, 2.75) is 19.1 Å². The van der Waals surface area contributed by atoms with E-state index in [1.54, 1.807) is 12.4 Å². The number of hydrogen-bond acceptors (Lipinski definition) is 5. The molecule has 1 aromatic carbocycles. The number of benzene rings is 1. The molecule has 130 valence electrons. The summed E-state index contributed by atoms with van der Waals surface area (Å²) in [4.78, 5) is 8.63. The predicted molar refractivity (Wildman–Crippen MR) is 101 cm³/mol. The Bertz CT molecular complexity index is 938. The fraction of sp³-hybridized carbons (Fsp3) is 0.222. The molecule has 0 bridgehead atoms. The Balaban J connectivity index is 1.55. The summed E-state index contributed by atoms with van der Waals surface area (Å²) in [5.74, 6) is -0.00726. The first kappa shape index (κ1) is 17.7. The summed E-state index contributed by atoms with van der Waals surface area (Å²) in [5, 5.41) is 2.85. The summed E-state index contributed by atoms with van der Waals surface area (Å²) >= 11 is 1.54. The standard InChI is InChI=1S/C18H19N3O2S2/c1-14-4-2-5-15(10-14)13-25(22,23)20-9-7-17-12-24-18(21-17)16-6-3-8-19-11-16/h2-6,8,10-12,20H,7,9,13H2,1H3. The molecule has 0 saturated heterocycles. The van der Waals surface area contributed by atoms with Crippen LogP contribution in [0.2, 0.25) is 0 Å².